The summed E-state index contributed by atoms with van der Waals surface area (Å²) in [6.45, 7) is 2.18. The normalized spacial score (nSPS) is 10.7. The number of hydrogen-bond acceptors (Lipinski definition) is 3. The third kappa shape index (κ3) is 3.86. The lowest BCUT2D eigenvalue weighted by atomic mass is 10.1. The minimum absolute atomic E-state index is 0.610. The van der Waals surface area contributed by atoms with Gasteiger partial charge in [0.1, 0.15) is 0 Å². The highest BCUT2D eigenvalue weighted by Crippen LogP contribution is 2.36. The highest BCUT2D eigenvalue weighted by Gasteiger charge is 2.12. The van der Waals surface area contributed by atoms with Crippen LogP contribution in [0.5, 0.6) is 0 Å². The van der Waals surface area contributed by atoms with Gasteiger partial charge in [-0.3, -0.25) is 0 Å². The molecule has 0 atom stereocenters. The molecule has 1 heterocycles. The monoisotopic (exact) mass is 362 g/mol. The van der Waals surface area contributed by atoms with Crippen molar-refractivity contribution in [1.82, 2.24) is 4.98 Å². The van der Waals surface area contributed by atoms with Crippen molar-refractivity contribution in [3.8, 4) is 11.3 Å². The third-order valence-corrected chi connectivity index (χ3v) is 4.85. The number of halogens is 2. The zero-order valence-corrected chi connectivity index (χ0v) is 15.0. The maximum Gasteiger partial charge on any atom is 0.187 e. The molecule has 0 radical (unpaired) electrons. The Labute approximate surface area is 150 Å². The fraction of sp³-hybridized carbons (Fsp3) is 0.167. The molecule has 0 aliphatic heterocycles. The Morgan fingerprint density at radius 2 is 1.74 bits per heavy atom. The number of nitrogens with one attached hydrogen (secondary N) is 1. The first-order chi connectivity index (χ1) is 11.2. The molecule has 0 unspecified atom stereocenters. The zero-order valence-electron chi connectivity index (χ0n) is 12.6. The largest absolute Gasteiger partial charge is 0.332 e. The van der Waals surface area contributed by atoms with Gasteiger partial charge in [-0.15, -0.1) is 11.3 Å². The molecular formula is C18H16Cl2N2S. The van der Waals surface area contributed by atoms with Crippen LogP contribution >= 0.6 is 34.5 Å². The van der Waals surface area contributed by atoms with Crippen LogP contribution in [0.25, 0.3) is 11.3 Å². The van der Waals surface area contributed by atoms with Crippen LogP contribution < -0.4 is 5.32 Å². The molecule has 0 saturated heterocycles. The number of aromatic nitrogens is 1. The predicted molar refractivity (Wildman–Crippen MR) is 101 cm³/mol. The molecule has 1 N–H and O–H groups in total. The standard InChI is InChI=1S/C18H16Cl2N2S/c1-2-4-12-7-9-13(10-8-12)21-18-22-16(11-23-18)17-14(19)5-3-6-15(17)20/h3,5-11H,2,4H2,1H3,(H,21,22). The lowest BCUT2D eigenvalue weighted by Crippen LogP contribution is -1.91. The number of aryl methyl sites for hydroxylation is 1. The Balaban J connectivity index is 1.79. The van der Waals surface area contributed by atoms with E-state index in [0.717, 1.165) is 34.9 Å². The molecule has 1 aromatic heterocycles. The highest BCUT2D eigenvalue weighted by molar-refractivity contribution is 7.14. The second-order valence-electron chi connectivity index (χ2n) is 5.21. The van der Waals surface area contributed by atoms with Gasteiger partial charge in [0.15, 0.2) is 5.13 Å². The Hall–Kier alpha value is -1.55. The number of rotatable bonds is 5. The van der Waals surface area contributed by atoms with Crippen molar-refractivity contribution in [1.29, 1.82) is 0 Å². The molecule has 0 aliphatic rings. The van der Waals surface area contributed by atoms with Crippen LogP contribution in [0.4, 0.5) is 10.8 Å². The van der Waals surface area contributed by atoms with Crippen LogP contribution in [-0.2, 0) is 6.42 Å². The summed E-state index contributed by atoms with van der Waals surface area (Å²) in [5.41, 5.74) is 3.94. The number of hydrogen-bond donors (Lipinski definition) is 1. The summed E-state index contributed by atoms with van der Waals surface area (Å²) < 4.78 is 0. The van der Waals surface area contributed by atoms with E-state index in [1.807, 2.05) is 23.6 Å². The highest BCUT2D eigenvalue weighted by atomic mass is 35.5. The van der Waals surface area contributed by atoms with Crippen LogP contribution in [0.3, 0.4) is 0 Å². The van der Waals surface area contributed by atoms with Crippen molar-refractivity contribution < 1.29 is 0 Å². The maximum absolute atomic E-state index is 6.24. The molecule has 2 nitrogen and oxygen atoms in total. The number of thiazole rings is 1. The van der Waals surface area contributed by atoms with Gasteiger partial charge in [0.2, 0.25) is 0 Å². The summed E-state index contributed by atoms with van der Waals surface area (Å²) in [4.78, 5) is 4.59. The molecule has 0 saturated carbocycles. The Morgan fingerprint density at radius 1 is 1.04 bits per heavy atom. The summed E-state index contributed by atoms with van der Waals surface area (Å²) in [5.74, 6) is 0. The van der Waals surface area contributed by atoms with Crippen molar-refractivity contribution in [2.45, 2.75) is 19.8 Å². The first-order valence-corrected chi connectivity index (χ1v) is 9.07. The van der Waals surface area contributed by atoms with Gasteiger partial charge in [0, 0.05) is 16.6 Å². The van der Waals surface area contributed by atoms with Crippen LogP contribution in [0.15, 0.2) is 47.8 Å². The van der Waals surface area contributed by atoms with E-state index in [0.29, 0.717) is 10.0 Å². The van der Waals surface area contributed by atoms with Crippen molar-refractivity contribution in [2.75, 3.05) is 5.32 Å². The Kier molecular flexibility index (Phi) is 5.21. The molecule has 0 aliphatic carbocycles. The minimum atomic E-state index is 0.610. The van der Waals surface area contributed by atoms with Crippen LogP contribution in [0.1, 0.15) is 18.9 Å². The summed E-state index contributed by atoms with van der Waals surface area (Å²) in [6.07, 6.45) is 2.26. The van der Waals surface area contributed by atoms with Crippen LogP contribution in [0, 0.1) is 0 Å². The van der Waals surface area contributed by atoms with E-state index in [-0.39, 0.29) is 0 Å². The SMILES string of the molecule is CCCc1ccc(Nc2nc(-c3c(Cl)cccc3Cl)cs2)cc1. The average molecular weight is 363 g/mol. The topological polar surface area (TPSA) is 24.9 Å². The quantitative estimate of drug-likeness (QED) is 0.538. The van der Waals surface area contributed by atoms with Gasteiger partial charge in [-0.2, -0.15) is 0 Å². The summed E-state index contributed by atoms with van der Waals surface area (Å²) in [5, 5.41) is 7.32. The van der Waals surface area contributed by atoms with Crippen molar-refractivity contribution in [3.05, 3.63) is 63.5 Å². The Bertz CT molecular complexity index is 777. The zero-order chi connectivity index (χ0) is 16.2. The number of nitrogens with zero attached hydrogens (tertiary/aromatic N) is 1. The first-order valence-electron chi connectivity index (χ1n) is 7.43. The fourth-order valence-corrected chi connectivity index (χ4v) is 3.67. The summed E-state index contributed by atoms with van der Waals surface area (Å²) >= 11 is 14.0. The van der Waals surface area contributed by atoms with E-state index in [4.69, 9.17) is 23.2 Å². The van der Waals surface area contributed by atoms with E-state index in [1.54, 1.807) is 0 Å². The second kappa shape index (κ2) is 7.35. The minimum Gasteiger partial charge on any atom is -0.332 e. The molecule has 0 bridgehead atoms. The summed E-state index contributed by atoms with van der Waals surface area (Å²) in [7, 11) is 0. The maximum atomic E-state index is 6.24. The van der Waals surface area contributed by atoms with Gasteiger partial charge >= 0.3 is 0 Å². The van der Waals surface area contributed by atoms with E-state index in [9.17, 15) is 0 Å². The molecule has 118 valence electrons. The molecule has 0 spiro atoms. The smallest absolute Gasteiger partial charge is 0.187 e. The molecule has 3 rings (SSSR count). The predicted octanol–water partition coefficient (Wildman–Crippen LogP) is 6.81. The molecular weight excluding hydrogens is 347 g/mol. The molecule has 5 heteroatoms. The van der Waals surface area contributed by atoms with Gasteiger partial charge < -0.3 is 5.32 Å². The van der Waals surface area contributed by atoms with Gasteiger partial charge in [0.05, 0.1) is 15.7 Å². The van der Waals surface area contributed by atoms with Crippen molar-refractivity contribution >= 4 is 45.4 Å². The van der Waals surface area contributed by atoms with Crippen LogP contribution in [0.2, 0.25) is 10.0 Å². The second-order valence-corrected chi connectivity index (χ2v) is 6.88. The van der Waals surface area contributed by atoms with E-state index in [2.05, 4.69) is 41.5 Å². The van der Waals surface area contributed by atoms with E-state index in [1.165, 1.54) is 16.9 Å². The summed E-state index contributed by atoms with van der Waals surface area (Å²) in [6, 6.07) is 13.9. The Morgan fingerprint density at radius 3 is 2.39 bits per heavy atom. The average Bonchev–Trinajstić information content (AvgIpc) is 2.97. The molecule has 23 heavy (non-hydrogen) atoms. The molecule has 3 aromatic rings. The van der Waals surface area contributed by atoms with Crippen molar-refractivity contribution in [3.63, 3.8) is 0 Å². The number of anilines is 2. The third-order valence-electron chi connectivity index (χ3n) is 3.47. The fourth-order valence-electron chi connectivity index (χ4n) is 2.36. The van der Waals surface area contributed by atoms with Crippen molar-refractivity contribution in [2.24, 2.45) is 0 Å². The first kappa shape index (κ1) is 16.3. The number of benzene rings is 2. The van der Waals surface area contributed by atoms with Gasteiger partial charge in [-0.05, 0) is 36.2 Å². The molecule has 0 fully saturated rings. The van der Waals surface area contributed by atoms with Gasteiger partial charge in [0.25, 0.3) is 0 Å². The van der Waals surface area contributed by atoms with Crippen LogP contribution in [-0.4, -0.2) is 4.98 Å². The molecule has 2 aromatic carbocycles. The van der Waals surface area contributed by atoms with Gasteiger partial charge in [-0.25, -0.2) is 4.98 Å². The molecule has 0 amide bonds. The van der Waals surface area contributed by atoms with E-state index < -0.39 is 0 Å². The lowest BCUT2D eigenvalue weighted by molar-refractivity contribution is 0.922. The lowest BCUT2D eigenvalue weighted by Gasteiger charge is -2.05. The van der Waals surface area contributed by atoms with E-state index >= 15 is 0 Å². The van der Waals surface area contributed by atoms with Gasteiger partial charge in [-0.1, -0.05) is 54.7 Å².